The lowest BCUT2D eigenvalue weighted by atomic mass is 10.0. The number of likely N-dealkylation sites (tertiary alicyclic amines) is 2. The molecule has 2 aliphatic rings. The van der Waals surface area contributed by atoms with Crippen LogP contribution < -0.4 is 4.74 Å². The molecule has 124 valence electrons. The zero-order valence-electron chi connectivity index (χ0n) is 13.5. The van der Waals surface area contributed by atoms with E-state index in [0.717, 1.165) is 32.4 Å². The van der Waals surface area contributed by atoms with Gasteiger partial charge in [0.05, 0.1) is 18.6 Å². The van der Waals surface area contributed by atoms with Crippen molar-refractivity contribution in [2.45, 2.75) is 25.7 Å². The van der Waals surface area contributed by atoms with Gasteiger partial charge in [0.2, 0.25) is 11.8 Å². The van der Waals surface area contributed by atoms with E-state index < -0.39 is 0 Å². The number of carbonyl (C=O) groups excluding carboxylic acids is 2. The zero-order valence-corrected chi connectivity index (χ0v) is 13.5. The van der Waals surface area contributed by atoms with Crippen LogP contribution in [0.15, 0.2) is 18.3 Å². The predicted molar refractivity (Wildman–Crippen MR) is 85.2 cm³/mol. The lowest BCUT2D eigenvalue weighted by molar-refractivity contribution is -0.135. The first kappa shape index (κ1) is 15.8. The average Bonchev–Trinajstić information content (AvgIpc) is 3.11. The maximum Gasteiger partial charge on any atom is 0.255 e. The number of hydrogen-bond acceptors (Lipinski definition) is 4. The number of ether oxygens (including phenoxy) is 1. The molecule has 2 fully saturated rings. The van der Waals surface area contributed by atoms with Crippen molar-refractivity contribution in [3.8, 4) is 5.88 Å². The Morgan fingerprint density at radius 2 is 1.91 bits per heavy atom. The number of pyridine rings is 1. The molecule has 0 spiro atoms. The summed E-state index contributed by atoms with van der Waals surface area (Å²) in [5, 5.41) is 0. The minimum absolute atomic E-state index is 0.0525. The van der Waals surface area contributed by atoms with Crippen molar-refractivity contribution < 1.29 is 14.3 Å². The highest BCUT2D eigenvalue weighted by molar-refractivity contribution is 5.94. The fourth-order valence-corrected chi connectivity index (χ4v) is 3.33. The minimum atomic E-state index is -0.0610. The first-order chi connectivity index (χ1) is 11.2. The quantitative estimate of drug-likeness (QED) is 0.849. The maximum absolute atomic E-state index is 12.5. The topological polar surface area (TPSA) is 62.7 Å². The monoisotopic (exact) mass is 317 g/mol. The number of amides is 2. The molecular formula is C17H23N3O3. The first-order valence-corrected chi connectivity index (χ1v) is 8.27. The molecule has 6 nitrogen and oxygen atoms in total. The highest BCUT2D eigenvalue weighted by atomic mass is 16.5. The van der Waals surface area contributed by atoms with Gasteiger partial charge in [0, 0.05) is 38.4 Å². The van der Waals surface area contributed by atoms with Gasteiger partial charge < -0.3 is 14.5 Å². The van der Waals surface area contributed by atoms with E-state index in [0.29, 0.717) is 24.5 Å². The van der Waals surface area contributed by atoms with Crippen molar-refractivity contribution in [3.05, 3.63) is 23.9 Å². The molecule has 2 saturated heterocycles. The molecule has 6 heteroatoms. The molecule has 1 aromatic rings. The molecule has 0 bridgehead atoms. The molecule has 2 amide bonds. The molecule has 0 aliphatic carbocycles. The molecule has 0 radical (unpaired) electrons. The molecule has 0 N–H and O–H groups in total. The van der Waals surface area contributed by atoms with Crippen molar-refractivity contribution >= 4 is 11.8 Å². The van der Waals surface area contributed by atoms with Gasteiger partial charge in [0.15, 0.2) is 0 Å². The molecular weight excluding hydrogens is 294 g/mol. The van der Waals surface area contributed by atoms with Gasteiger partial charge in [-0.3, -0.25) is 9.59 Å². The van der Waals surface area contributed by atoms with E-state index >= 15 is 0 Å². The van der Waals surface area contributed by atoms with E-state index in [1.54, 1.807) is 24.1 Å². The van der Waals surface area contributed by atoms with Crippen molar-refractivity contribution in [3.63, 3.8) is 0 Å². The number of piperidine rings is 1. The predicted octanol–water partition coefficient (Wildman–Crippen LogP) is 1.56. The number of carbonyl (C=O) groups is 2. The standard InChI is InChI=1S/C17H23N3O3/c1-23-15-6-5-13(11-18-15)16(21)20-10-7-14(12-20)17(22)19-8-3-2-4-9-19/h5-6,11,14H,2-4,7-10,12H2,1H3/t14-/m1/s1. The highest BCUT2D eigenvalue weighted by Gasteiger charge is 2.34. The Kier molecular flexibility index (Phi) is 4.79. The molecule has 0 aromatic carbocycles. The van der Waals surface area contributed by atoms with Crippen molar-refractivity contribution in [2.24, 2.45) is 5.92 Å². The van der Waals surface area contributed by atoms with Crippen molar-refractivity contribution in [1.82, 2.24) is 14.8 Å². The summed E-state index contributed by atoms with van der Waals surface area (Å²) in [6, 6.07) is 3.40. The Balaban J connectivity index is 1.59. The average molecular weight is 317 g/mol. The van der Waals surface area contributed by atoms with E-state index in [-0.39, 0.29) is 17.7 Å². The second-order valence-corrected chi connectivity index (χ2v) is 6.21. The summed E-state index contributed by atoms with van der Waals surface area (Å²) in [5.74, 6) is 0.589. The fraction of sp³-hybridized carbons (Fsp3) is 0.588. The van der Waals surface area contributed by atoms with Gasteiger partial charge in [0.25, 0.3) is 5.91 Å². The van der Waals surface area contributed by atoms with Gasteiger partial charge in [-0.05, 0) is 31.7 Å². The molecule has 3 heterocycles. The van der Waals surface area contributed by atoms with Gasteiger partial charge in [-0.25, -0.2) is 4.98 Å². The molecule has 23 heavy (non-hydrogen) atoms. The van der Waals surface area contributed by atoms with Crippen molar-refractivity contribution in [2.75, 3.05) is 33.3 Å². The second-order valence-electron chi connectivity index (χ2n) is 6.21. The Morgan fingerprint density at radius 1 is 1.13 bits per heavy atom. The number of rotatable bonds is 3. The fourth-order valence-electron chi connectivity index (χ4n) is 3.33. The molecule has 3 rings (SSSR count). The molecule has 0 saturated carbocycles. The van der Waals surface area contributed by atoms with Crippen LogP contribution in [-0.4, -0.2) is 59.9 Å². The van der Waals surface area contributed by atoms with Crippen molar-refractivity contribution in [1.29, 1.82) is 0 Å². The van der Waals surface area contributed by atoms with Crippen LogP contribution in [-0.2, 0) is 4.79 Å². The molecule has 2 aliphatic heterocycles. The lowest BCUT2D eigenvalue weighted by Gasteiger charge is -2.29. The largest absolute Gasteiger partial charge is 0.481 e. The van der Waals surface area contributed by atoms with Crippen LogP contribution in [0, 0.1) is 5.92 Å². The number of nitrogens with zero attached hydrogens (tertiary/aromatic N) is 3. The maximum atomic E-state index is 12.5. The summed E-state index contributed by atoms with van der Waals surface area (Å²) < 4.78 is 5.00. The number of aromatic nitrogens is 1. The summed E-state index contributed by atoms with van der Waals surface area (Å²) in [6.45, 7) is 2.88. The number of methoxy groups -OCH3 is 1. The van der Waals surface area contributed by atoms with Crippen LogP contribution in [0.2, 0.25) is 0 Å². The van der Waals surface area contributed by atoms with Gasteiger partial charge in [-0.15, -0.1) is 0 Å². The van der Waals surface area contributed by atoms with Gasteiger partial charge >= 0.3 is 0 Å². The third-order valence-electron chi connectivity index (χ3n) is 4.68. The number of hydrogen-bond donors (Lipinski definition) is 0. The molecule has 1 aromatic heterocycles. The third kappa shape index (κ3) is 3.46. The van der Waals surface area contributed by atoms with Crippen LogP contribution in [0.1, 0.15) is 36.0 Å². The van der Waals surface area contributed by atoms with Crippen LogP contribution in [0.5, 0.6) is 5.88 Å². The summed E-state index contributed by atoms with van der Waals surface area (Å²) in [5.41, 5.74) is 0.539. The van der Waals surface area contributed by atoms with Crippen LogP contribution in [0.3, 0.4) is 0 Å². The lowest BCUT2D eigenvalue weighted by Crippen LogP contribution is -2.41. The highest BCUT2D eigenvalue weighted by Crippen LogP contribution is 2.23. The summed E-state index contributed by atoms with van der Waals surface area (Å²) in [6.07, 6.45) is 5.69. The third-order valence-corrected chi connectivity index (χ3v) is 4.68. The second kappa shape index (κ2) is 6.98. The van der Waals surface area contributed by atoms with E-state index in [1.165, 1.54) is 12.6 Å². The zero-order chi connectivity index (χ0) is 16.2. The van der Waals surface area contributed by atoms with Crippen LogP contribution in [0.25, 0.3) is 0 Å². The SMILES string of the molecule is COc1ccc(C(=O)N2CC[C@@H](C(=O)N3CCCCC3)C2)cn1. The normalized spacial score (nSPS) is 21.3. The Labute approximate surface area is 136 Å². The smallest absolute Gasteiger partial charge is 0.255 e. The summed E-state index contributed by atoms with van der Waals surface area (Å²) in [4.78, 5) is 32.9. The van der Waals surface area contributed by atoms with E-state index in [4.69, 9.17) is 4.74 Å². The van der Waals surface area contributed by atoms with Crippen LogP contribution >= 0.6 is 0 Å². The van der Waals surface area contributed by atoms with Gasteiger partial charge in [0.1, 0.15) is 0 Å². The Hall–Kier alpha value is -2.11. The minimum Gasteiger partial charge on any atom is -0.481 e. The van der Waals surface area contributed by atoms with Gasteiger partial charge in [-0.1, -0.05) is 0 Å². The van der Waals surface area contributed by atoms with Crippen LogP contribution in [0.4, 0.5) is 0 Å². The molecule has 0 unspecified atom stereocenters. The Morgan fingerprint density at radius 3 is 2.57 bits per heavy atom. The first-order valence-electron chi connectivity index (χ1n) is 8.27. The van der Waals surface area contributed by atoms with E-state index in [2.05, 4.69) is 4.98 Å². The Bertz CT molecular complexity index is 567. The molecule has 1 atom stereocenters. The van der Waals surface area contributed by atoms with Gasteiger partial charge in [-0.2, -0.15) is 0 Å². The van der Waals surface area contributed by atoms with E-state index in [1.807, 2.05) is 4.90 Å². The summed E-state index contributed by atoms with van der Waals surface area (Å²) >= 11 is 0. The van der Waals surface area contributed by atoms with E-state index in [9.17, 15) is 9.59 Å². The summed E-state index contributed by atoms with van der Waals surface area (Å²) in [7, 11) is 1.54.